The van der Waals surface area contributed by atoms with Crippen molar-refractivity contribution in [3.63, 3.8) is 0 Å². The Morgan fingerprint density at radius 1 is 1.20 bits per heavy atom. The molecule has 0 amide bonds. The molecule has 0 aliphatic rings. The minimum absolute atomic E-state index is 0.279. The number of anilines is 1. The third kappa shape index (κ3) is 3.84. The van der Waals surface area contributed by atoms with Crippen LogP contribution in [0.3, 0.4) is 0 Å². The van der Waals surface area contributed by atoms with Crippen LogP contribution in [-0.2, 0) is 0 Å². The maximum Gasteiger partial charge on any atom is 0.573 e. The van der Waals surface area contributed by atoms with E-state index in [0.29, 0.717) is 23.6 Å². The summed E-state index contributed by atoms with van der Waals surface area (Å²) >= 11 is 0. The van der Waals surface area contributed by atoms with Gasteiger partial charge in [0.2, 0.25) is 0 Å². The molecule has 0 atom stereocenters. The van der Waals surface area contributed by atoms with Crippen LogP contribution < -0.4 is 10.1 Å². The number of alkyl halides is 3. The standard InChI is InChI=1S/C13H12F3N3O/c1-2-17-12-7-11(18-8-19-12)9-4-3-5-10(6-9)20-13(14,15)16/h3-8H,2H2,1H3,(H,17,18,19). The van der Waals surface area contributed by atoms with Gasteiger partial charge in [0.05, 0.1) is 5.69 Å². The number of hydrogen-bond donors (Lipinski definition) is 1. The Balaban J connectivity index is 2.28. The predicted octanol–water partition coefficient (Wildman–Crippen LogP) is 3.47. The van der Waals surface area contributed by atoms with Gasteiger partial charge in [0, 0.05) is 18.2 Å². The Labute approximate surface area is 113 Å². The van der Waals surface area contributed by atoms with E-state index in [1.54, 1.807) is 12.1 Å². The molecule has 0 bridgehead atoms. The summed E-state index contributed by atoms with van der Waals surface area (Å²) < 4.78 is 40.4. The summed E-state index contributed by atoms with van der Waals surface area (Å²) in [5.74, 6) is 0.332. The molecule has 2 rings (SSSR count). The average molecular weight is 283 g/mol. The van der Waals surface area contributed by atoms with Crippen LogP contribution in [0.5, 0.6) is 5.75 Å². The van der Waals surface area contributed by atoms with Crippen molar-refractivity contribution < 1.29 is 17.9 Å². The van der Waals surface area contributed by atoms with E-state index in [9.17, 15) is 13.2 Å². The van der Waals surface area contributed by atoms with Crippen molar-refractivity contribution in [2.24, 2.45) is 0 Å². The molecule has 7 heteroatoms. The molecular weight excluding hydrogens is 271 g/mol. The molecule has 1 N–H and O–H groups in total. The van der Waals surface area contributed by atoms with E-state index in [0.717, 1.165) is 0 Å². The van der Waals surface area contributed by atoms with Crippen LogP contribution in [0.4, 0.5) is 19.0 Å². The van der Waals surface area contributed by atoms with Gasteiger partial charge in [0.1, 0.15) is 17.9 Å². The minimum Gasteiger partial charge on any atom is -0.406 e. The second-order valence-electron chi connectivity index (χ2n) is 3.89. The molecule has 0 aliphatic carbocycles. The number of halogens is 3. The summed E-state index contributed by atoms with van der Waals surface area (Å²) in [6.07, 6.45) is -3.36. The van der Waals surface area contributed by atoms with Gasteiger partial charge in [-0.15, -0.1) is 13.2 Å². The van der Waals surface area contributed by atoms with E-state index in [1.807, 2.05) is 6.92 Å². The topological polar surface area (TPSA) is 47.0 Å². The summed E-state index contributed by atoms with van der Waals surface area (Å²) in [6, 6.07) is 7.32. The number of hydrogen-bond acceptors (Lipinski definition) is 4. The quantitative estimate of drug-likeness (QED) is 0.933. The maximum absolute atomic E-state index is 12.2. The number of nitrogens with zero attached hydrogens (tertiary/aromatic N) is 2. The molecular formula is C13H12F3N3O. The van der Waals surface area contributed by atoms with Crippen LogP contribution >= 0.6 is 0 Å². The summed E-state index contributed by atoms with van der Waals surface area (Å²) in [7, 11) is 0. The third-order valence-electron chi connectivity index (χ3n) is 2.39. The van der Waals surface area contributed by atoms with Crippen LogP contribution in [-0.4, -0.2) is 22.9 Å². The SMILES string of the molecule is CCNc1cc(-c2cccc(OC(F)(F)F)c2)ncn1. The predicted molar refractivity (Wildman–Crippen MR) is 68.3 cm³/mol. The highest BCUT2D eigenvalue weighted by atomic mass is 19.4. The first kappa shape index (κ1) is 14.1. The fourth-order valence-electron chi connectivity index (χ4n) is 1.65. The Kier molecular flexibility index (Phi) is 4.07. The number of benzene rings is 1. The summed E-state index contributed by atoms with van der Waals surface area (Å²) in [4.78, 5) is 8.04. The van der Waals surface area contributed by atoms with Crippen molar-refractivity contribution in [3.05, 3.63) is 36.7 Å². The fraction of sp³-hybridized carbons (Fsp3) is 0.231. The lowest BCUT2D eigenvalue weighted by molar-refractivity contribution is -0.274. The van der Waals surface area contributed by atoms with E-state index in [2.05, 4.69) is 20.0 Å². The Bertz CT molecular complexity index is 587. The van der Waals surface area contributed by atoms with Gasteiger partial charge in [-0.3, -0.25) is 0 Å². The first-order valence-corrected chi connectivity index (χ1v) is 5.90. The molecule has 0 saturated carbocycles. The Morgan fingerprint density at radius 2 is 2.00 bits per heavy atom. The molecule has 0 saturated heterocycles. The first-order valence-electron chi connectivity index (χ1n) is 5.90. The van der Waals surface area contributed by atoms with Gasteiger partial charge in [-0.2, -0.15) is 0 Å². The van der Waals surface area contributed by atoms with Crippen LogP contribution in [0.2, 0.25) is 0 Å². The van der Waals surface area contributed by atoms with Gasteiger partial charge >= 0.3 is 6.36 Å². The summed E-state index contributed by atoms with van der Waals surface area (Å²) in [5, 5.41) is 3.01. The van der Waals surface area contributed by atoms with Gasteiger partial charge in [0.15, 0.2) is 0 Å². The van der Waals surface area contributed by atoms with Gasteiger partial charge < -0.3 is 10.1 Å². The van der Waals surface area contributed by atoms with Crippen LogP contribution in [0, 0.1) is 0 Å². The number of ether oxygens (including phenoxy) is 1. The Morgan fingerprint density at radius 3 is 2.70 bits per heavy atom. The van der Waals surface area contributed by atoms with Crippen molar-refractivity contribution >= 4 is 5.82 Å². The second kappa shape index (κ2) is 5.77. The lowest BCUT2D eigenvalue weighted by Gasteiger charge is -2.10. The molecule has 1 aromatic carbocycles. The van der Waals surface area contributed by atoms with Gasteiger partial charge in [-0.05, 0) is 19.1 Å². The van der Waals surface area contributed by atoms with Crippen molar-refractivity contribution in [3.8, 4) is 17.0 Å². The van der Waals surface area contributed by atoms with Crippen LogP contribution in [0.1, 0.15) is 6.92 Å². The summed E-state index contributed by atoms with van der Waals surface area (Å²) in [5.41, 5.74) is 1.04. The number of rotatable bonds is 4. The van der Waals surface area contributed by atoms with E-state index in [4.69, 9.17) is 0 Å². The van der Waals surface area contributed by atoms with E-state index in [1.165, 1.54) is 24.5 Å². The average Bonchev–Trinajstić information content (AvgIpc) is 2.38. The molecule has 4 nitrogen and oxygen atoms in total. The minimum atomic E-state index is -4.71. The van der Waals surface area contributed by atoms with Crippen molar-refractivity contribution in [1.29, 1.82) is 0 Å². The monoisotopic (exact) mass is 283 g/mol. The zero-order valence-electron chi connectivity index (χ0n) is 10.6. The number of aromatic nitrogens is 2. The molecule has 0 spiro atoms. The zero-order valence-corrected chi connectivity index (χ0v) is 10.6. The van der Waals surface area contributed by atoms with Gasteiger partial charge in [-0.25, -0.2) is 9.97 Å². The molecule has 20 heavy (non-hydrogen) atoms. The van der Waals surface area contributed by atoms with Crippen molar-refractivity contribution in [1.82, 2.24) is 9.97 Å². The highest BCUT2D eigenvalue weighted by Gasteiger charge is 2.31. The third-order valence-corrected chi connectivity index (χ3v) is 2.39. The Hall–Kier alpha value is -2.31. The molecule has 1 heterocycles. The van der Waals surface area contributed by atoms with E-state index in [-0.39, 0.29) is 5.75 Å². The largest absolute Gasteiger partial charge is 0.573 e. The normalized spacial score (nSPS) is 11.2. The molecule has 0 fully saturated rings. The maximum atomic E-state index is 12.2. The zero-order chi connectivity index (χ0) is 14.6. The summed E-state index contributed by atoms with van der Waals surface area (Å²) in [6.45, 7) is 2.60. The smallest absolute Gasteiger partial charge is 0.406 e. The molecule has 1 aromatic heterocycles. The first-order chi connectivity index (χ1) is 9.48. The number of nitrogens with one attached hydrogen (secondary N) is 1. The molecule has 0 unspecified atom stereocenters. The molecule has 0 aliphatic heterocycles. The van der Waals surface area contributed by atoms with Crippen molar-refractivity contribution in [2.75, 3.05) is 11.9 Å². The van der Waals surface area contributed by atoms with E-state index < -0.39 is 6.36 Å². The fourth-order valence-corrected chi connectivity index (χ4v) is 1.65. The van der Waals surface area contributed by atoms with Crippen LogP contribution in [0.25, 0.3) is 11.3 Å². The van der Waals surface area contributed by atoms with Crippen LogP contribution in [0.15, 0.2) is 36.7 Å². The highest BCUT2D eigenvalue weighted by molar-refractivity contribution is 5.63. The highest BCUT2D eigenvalue weighted by Crippen LogP contribution is 2.27. The molecule has 106 valence electrons. The lowest BCUT2D eigenvalue weighted by Crippen LogP contribution is -2.17. The molecule has 2 aromatic rings. The lowest BCUT2D eigenvalue weighted by atomic mass is 10.1. The molecule has 0 radical (unpaired) electrons. The van der Waals surface area contributed by atoms with Gasteiger partial charge in [-0.1, -0.05) is 12.1 Å². The van der Waals surface area contributed by atoms with Gasteiger partial charge in [0.25, 0.3) is 0 Å². The second-order valence-corrected chi connectivity index (χ2v) is 3.89. The van der Waals surface area contributed by atoms with Crippen molar-refractivity contribution in [2.45, 2.75) is 13.3 Å². The van der Waals surface area contributed by atoms with E-state index >= 15 is 0 Å².